The van der Waals surface area contributed by atoms with Gasteiger partial charge in [0.25, 0.3) is 5.91 Å². The van der Waals surface area contributed by atoms with Crippen LogP contribution in [-0.2, 0) is 0 Å². The Hall–Kier alpha value is -3.47. The fourth-order valence-electron chi connectivity index (χ4n) is 2.65. The summed E-state index contributed by atoms with van der Waals surface area (Å²) in [6.07, 6.45) is 2.79. The van der Waals surface area contributed by atoms with Crippen molar-refractivity contribution in [2.45, 2.75) is 0 Å². The monoisotopic (exact) mass is 316 g/mol. The fourth-order valence-corrected chi connectivity index (χ4v) is 2.65. The zero-order chi connectivity index (χ0) is 16.5. The minimum Gasteiger partial charge on any atom is -0.430 e. The van der Waals surface area contributed by atoms with Gasteiger partial charge in [0.2, 0.25) is 0 Å². The maximum atomic E-state index is 12.6. The smallest absolute Gasteiger partial charge is 0.343 e. The summed E-state index contributed by atoms with van der Waals surface area (Å²) in [5.74, 6) is -0.355. The van der Waals surface area contributed by atoms with Gasteiger partial charge in [0.15, 0.2) is 0 Å². The first-order valence-corrected chi connectivity index (χ1v) is 7.39. The van der Waals surface area contributed by atoms with Gasteiger partial charge in [-0.25, -0.2) is 4.79 Å². The third kappa shape index (κ3) is 2.42. The Balaban J connectivity index is 1.73. The van der Waals surface area contributed by atoms with Crippen molar-refractivity contribution in [3.05, 3.63) is 83.0 Å². The topological polar surface area (TPSA) is 72.2 Å². The molecule has 116 valence electrons. The minimum absolute atomic E-state index is 0.304. The molecule has 1 N–H and O–H groups in total. The van der Waals surface area contributed by atoms with E-state index in [0.29, 0.717) is 22.0 Å². The van der Waals surface area contributed by atoms with Crippen LogP contribution in [-0.4, -0.2) is 10.9 Å². The third-order valence-corrected chi connectivity index (χ3v) is 3.81. The van der Waals surface area contributed by atoms with Crippen LogP contribution in [0.2, 0.25) is 0 Å². The zero-order valence-electron chi connectivity index (χ0n) is 12.5. The number of anilines is 1. The second-order valence-electron chi connectivity index (χ2n) is 5.35. The molecule has 0 radical (unpaired) electrons. The first-order chi connectivity index (χ1) is 11.7. The van der Waals surface area contributed by atoms with Gasteiger partial charge in [0.1, 0.15) is 6.26 Å². The first kappa shape index (κ1) is 14.1. The Morgan fingerprint density at radius 2 is 1.75 bits per heavy atom. The predicted molar refractivity (Wildman–Crippen MR) is 92.2 cm³/mol. The molecule has 24 heavy (non-hydrogen) atoms. The molecule has 4 aromatic rings. The van der Waals surface area contributed by atoms with Crippen molar-refractivity contribution >= 4 is 33.3 Å². The molecule has 1 amide bonds. The second kappa shape index (κ2) is 5.62. The van der Waals surface area contributed by atoms with Crippen LogP contribution in [0, 0.1) is 0 Å². The van der Waals surface area contributed by atoms with Crippen LogP contribution in [0.25, 0.3) is 21.7 Å². The number of aromatic nitrogens is 1. The maximum absolute atomic E-state index is 12.6. The molecular weight excluding hydrogens is 304 g/mol. The van der Waals surface area contributed by atoms with Crippen molar-refractivity contribution in [3.8, 4) is 0 Å². The van der Waals surface area contributed by atoms with Crippen LogP contribution in [0.15, 0.2) is 76.3 Å². The highest BCUT2D eigenvalue weighted by atomic mass is 16.4. The number of para-hydroxylation sites is 1. The zero-order valence-corrected chi connectivity index (χ0v) is 12.5. The first-order valence-electron chi connectivity index (χ1n) is 7.39. The molecule has 0 aliphatic carbocycles. The van der Waals surface area contributed by atoms with E-state index in [0.717, 1.165) is 10.9 Å². The normalized spacial score (nSPS) is 10.8. The molecule has 0 aliphatic heterocycles. The Bertz CT molecular complexity index is 1130. The number of hydrogen-bond acceptors (Lipinski definition) is 4. The van der Waals surface area contributed by atoms with Gasteiger partial charge < -0.3 is 9.73 Å². The molecule has 2 heterocycles. The van der Waals surface area contributed by atoms with Crippen molar-refractivity contribution in [1.29, 1.82) is 0 Å². The third-order valence-electron chi connectivity index (χ3n) is 3.81. The van der Waals surface area contributed by atoms with Gasteiger partial charge in [0.05, 0.1) is 28.4 Å². The number of carbonyl (C=O) groups is 1. The molecule has 0 saturated heterocycles. The lowest BCUT2D eigenvalue weighted by molar-refractivity contribution is 0.102. The van der Waals surface area contributed by atoms with Crippen LogP contribution in [0.1, 0.15) is 10.4 Å². The molecule has 5 heteroatoms. The molecular formula is C19H12N2O3. The predicted octanol–water partition coefficient (Wildman–Crippen LogP) is 3.59. The average molecular weight is 316 g/mol. The van der Waals surface area contributed by atoms with Gasteiger partial charge in [-0.05, 0) is 18.2 Å². The molecule has 0 bridgehead atoms. The van der Waals surface area contributed by atoms with Crippen molar-refractivity contribution < 1.29 is 9.21 Å². The Kier molecular flexibility index (Phi) is 3.31. The van der Waals surface area contributed by atoms with E-state index in [1.807, 2.05) is 30.3 Å². The quantitative estimate of drug-likeness (QED) is 0.613. The van der Waals surface area contributed by atoms with E-state index < -0.39 is 5.63 Å². The van der Waals surface area contributed by atoms with Crippen molar-refractivity contribution in [2.75, 3.05) is 5.32 Å². The molecule has 0 saturated carbocycles. The maximum Gasteiger partial charge on any atom is 0.343 e. The van der Waals surface area contributed by atoms with E-state index in [1.165, 1.54) is 6.26 Å². The molecule has 0 unspecified atom stereocenters. The van der Waals surface area contributed by atoms with Crippen molar-refractivity contribution in [1.82, 2.24) is 4.98 Å². The summed E-state index contributed by atoms with van der Waals surface area (Å²) < 4.78 is 4.97. The molecule has 2 aromatic heterocycles. The van der Waals surface area contributed by atoms with Crippen molar-refractivity contribution in [2.24, 2.45) is 0 Å². The summed E-state index contributed by atoms with van der Waals surface area (Å²) in [6.45, 7) is 0. The van der Waals surface area contributed by atoms with E-state index in [4.69, 9.17) is 4.42 Å². The van der Waals surface area contributed by atoms with E-state index in [9.17, 15) is 9.59 Å². The second-order valence-corrected chi connectivity index (χ2v) is 5.35. The average Bonchev–Trinajstić information content (AvgIpc) is 2.62. The summed E-state index contributed by atoms with van der Waals surface area (Å²) in [5, 5.41) is 4.66. The number of benzene rings is 2. The molecule has 0 spiro atoms. The Morgan fingerprint density at radius 1 is 1.00 bits per heavy atom. The van der Waals surface area contributed by atoms with Gasteiger partial charge in [-0.3, -0.25) is 9.78 Å². The van der Waals surface area contributed by atoms with Crippen LogP contribution in [0.5, 0.6) is 0 Å². The molecule has 2 aromatic carbocycles. The van der Waals surface area contributed by atoms with Gasteiger partial charge in [-0.2, -0.15) is 0 Å². The summed E-state index contributed by atoms with van der Waals surface area (Å²) in [7, 11) is 0. The Labute approximate surface area is 136 Å². The molecule has 4 rings (SSSR count). The summed E-state index contributed by atoms with van der Waals surface area (Å²) >= 11 is 0. The molecule has 0 atom stereocenters. The number of nitrogens with zero attached hydrogens (tertiary/aromatic N) is 1. The largest absolute Gasteiger partial charge is 0.430 e. The van der Waals surface area contributed by atoms with Crippen LogP contribution >= 0.6 is 0 Å². The van der Waals surface area contributed by atoms with E-state index >= 15 is 0 Å². The summed E-state index contributed by atoms with van der Waals surface area (Å²) in [4.78, 5) is 28.6. The van der Waals surface area contributed by atoms with Crippen LogP contribution in [0.4, 0.5) is 5.69 Å². The SMILES string of the molecule is O=C(Nc1cnc2ccccc2c1)c1coc(=O)c2ccccc12. The number of fused-ring (bicyclic) bond motifs is 2. The lowest BCUT2D eigenvalue weighted by Gasteiger charge is -2.07. The summed E-state index contributed by atoms with van der Waals surface area (Å²) in [5.41, 5.74) is 1.27. The highest BCUT2D eigenvalue weighted by Crippen LogP contribution is 2.19. The van der Waals surface area contributed by atoms with Gasteiger partial charge in [-0.15, -0.1) is 0 Å². The lowest BCUT2D eigenvalue weighted by Crippen LogP contribution is -2.14. The van der Waals surface area contributed by atoms with Crippen molar-refractivity contribution in [3.63, 3.8) is 0 Å². The number of hydrogen-bond donors (Lipinski definition) is 1. The summed E-state index contributed by atoms with van der Waals surface area (Å²) in [6, 6.07) is 16.4. The number of amides is 1. The van der Waals surface area contributed by atoms with Gasteiger partial charge in [-0.1, -0.05) is 36.4 Å². The molecule has 5 nitrogen and oxygen atoms in total. The highest BCUT2D eigenvalue weighted by Gasteiger charge is 2.13. The fraction of sp³-hybridized carbons (Fsp3) is 0. The van der Waals surface area contributed by atoms with E-state index in [2.05, 4.69) is 10.3 Å². The highest BCUT2D eigenvalue weighted by molar-refractivity contribution is 6.12. The van der Waals surface area contributed by atoms with E-state index in [-0.39, 0.29) is 5.91 Å². The standard InChI is InChI=1S/C19H12N2O3/c22-18(16-11-24-19(23)15-7-3-2-6-14(15)16)21-13-9-12-5-1-4-8-17(12)20-10-13/h1-11H,(H,21,22). The Morgan fingerprint density at radius 3 is 2.62 bits per heavy atom. The van der Waals surface area contributed by atoms with Crippen LogP contribution in [0.3, 0.4) is 0 Å². The van der Waals surface area contributed by atoms with Crippen LogP contribution < -0.4 is 10.9 Å². The molecule has 0 aliphatic rings. The number of nitrogens with one attached hydrogen (secondary N) is 1. The lowest BCUT2D eigenvalue weighted by atomic mass is 10.1. The number of carbonyl (C=O) groups excluding carboxylic acids is 1. The molecule has 0 fully saturated rings. The number of pyridine rings is 1. The van der Waals surface area contributed by atoms with E-state index in [1.54, 1.807) is 30.5 Å². The van der Waals surface area contributed by atoms with Gasteiger partial charge in [0, 0.05) is 10.8 Å². The number of rotatable bonds is 2. The minimum atomic E-state index is -0.463. The van der Waals surface area contributed by atoms with Gasteiger partial charge >= 0.3 is 5.63 Å².